The van der Waals surface area contributed by atoms with Gasteiger partial charge in [-0.05, 0) is 48.5 Å². The predicted octanol–water partition coefficient (Wildman–Crippen LogP) is 3.37. The van der Waals surface area contributed by atoms with Crippen molar-refractivity contribution >= 4 is 34.1 Å². The smallest absolute Gasteiger partial charge is 0.254 e. The SMILES string of the molecule is CN1CCN(c2ccc(Nc3ccc(-c4ccnc5ccn(C)c45)c4c3C(=O)NC4)nc2)CC1. The second-order valence-corrected chi connectivity index (χ2v) is 9.03. The van der Waals surface area contributed by atoms with Crippen LogP contribution >= 0.6 is 0 Å². The molecule has 0 unspecified atom stereocenters. The van der Waals surface area contributed by atoms with E-state index in [0.717, 1.165) is 71.1 Å². The third-order valence-corrected chi connectivity index (χ3v) is 6.90. The van der Waals surface area contributed by atoms with E-state index in [1.165, 1.54) is 0 Å². The Labute approximate surface area is 198 Å². The molecule has 2 aliphatic heterocycles. The van der Waals surface area contributed by atoms with E-state index in [2.05, 4.69) is 54.1 Å². The maximum absolute atomic E-state index is 12.8. The van der Waals surface area contributed by atoms with Crippen molar-refractivity contribution in [2.45, 2.75) is 6.54 Å². The van der Waals surface area contributed by atoms with Gasteiger partial charge in [-0.15, -0.1) is 0 Å². The van der Waals surface area contributed by atoms with E-state index >= 15 is 0 Å². The van der Waals surface area contributed by atoms with E-state index < -0.39 is 0 Å². The molecule has 4 aromatic rings. The van der Waals surface area contributed by atoms with Crippen LogP contribution in [0.4, 0.5) is 17.2 Å². The van der Waals surface area contributed by atoms with Crippen molar-refractivity contribution in [3.63, 3.8) is 0 Å². The number of nitrogens with one attached hydrogen (secondary N) is 2. The molecule has 2 aliphatic rings. The molecular weight excluding hydrogens is 426 g/mol. The van der Waals surface area contributed by atoms with Crippen molar-refractivity contribution < 1.29 is 4.79 Å². The zero-order valence-corrected chi connectivity index (χ0v) is 19.4. The molecule has 34 heavy (non-hydrogen) atoms. The normalized spacial score (nSPS) is 16.1. The highest BCUT2D eigenvalue weighted by Crippen LogP contribution is 2.37. The van der Waals surface area contributed by atoms with Gasteiger partial charge in [-0.25, -0.2) is 4.98 Å². The fraction of sp³-hybridized carbons (Fsp3) is 0.269. The molecule has 0 saturated carbocycles. The van der Waals surface area contributed by atoms with Crippen molar-refractivity contribution in [1.29, 1.82) is 0 Å². The van der Waals surface area contributed by atoms with Crippen LogP contribution in [-0.2, 0) is 13.6 Å². The van der Waals surface area contributed by atoms with Gasteiger partial charge >= 0.3 is 0 Å². The summed E-state index contributed by atoms with van der Waals surface area (Å²) in [6.45, 7) is 4.62. The number of carbonyl (C=O) groups excluding carboxylic acids is 1. The topological polar surface area (TPSA) is 78.3 Å². The van der Waals surface area contributed by atoms with Gasteiger partial charge in [0, 0.05) is 57.7 Å². The highest BCUT2D eigenvalue weighted by Gasteiger charge is 2.27. The first-order chi connectivity index (χ1) is 16.6. The summed E-state index contributed by atoms with van der Waals surface area (Å²) in [6.07, 6.45) is 5.75. The number of nitrogens with zero attached hydrogens (tertiary/aromatic N) is 5. The van der Waals surface area contributed by atoms with E-state index in [0.29, 0.717) is 12.1 Å². The Kier molecular flexibility index (Phi) is 4.95. The summed E-state index contributed by atoms with van der Waals surface area (Å²) in [5.41, 5.74) is 7.70. The molecule has 0 aliphatic carbocycles. The third-order valence-electron chi connectivity index (χ3n) is 6.90. The number of rotatable bonds is 4. The number of hydrogen-bond donors (Lipinski definition) is 2. The molecule has 0 spiro atoms. The quantitative estimate of drug-likeness (QED) is 0.493. The number of pyridine rings is 2. The van der Waals surface area contributed by atoms with Crippen LogP contribution in [0.15, 0.2) is 55.0 Å². The number of aromatic nitrogens is 3. The summed E-state index contributed by atoms with van der Waals surface area (Å²) in [4.78, 5) is 26.6. The van der Waals surface area contributed by atoms with Gasteiger partial charge < -0.3 is 25.0 Å². The zero-order chi connectivity index (χ0) is 23.2. The molecule has 1 saturated heterocycles. The summed E-state index contributed by atoms with van der Waals surface area (Å²) < 4.78 is 2.08. The monoisotopic (exact) mass is 453 g/mol. The van der Waals surface area contributed by atoms with Crippen LogP contribution in [0.25, 0.3) is 22.2 Å². The molecule has 3 aromatic heterocycles. The number of anilines is 3. The maximum Gasteiger partial charge on any atom is 0.254 e. The highest BCUT2D eigenvalue weighted by molar-refractivity contribution is 6.07. The Balaban J connectivity index is 1.33. The molecular formula is C26H27N7O. The van der Waals surface area contributed by atoms with Crippen LogP contribution in [-0.4, -0.2) is 58.6 Å². The van der Waals surface area contributed by atoms with E-state index in [4.69, 9.17) is 0 Å². The first-order valence-corrected chi connectivity index (χ1v) is 11.6. The molecule has 2 N–H and O–H groups in total. The van der Waals surface area contributed by atoms with Crippen molar-refractivity contribution in [2.75, 3.05) is 43.4 Å². The number of likely N-dealkylation sites (N-methyl/N-ethyl adjacent to an activating group) is 1. The molecule has 1 fully saturated rings. The Morgan fingerprint density at radius 3 is 2.59 bits per heavy atom. The lowest BCUT2D eigenvalue weighted by Crippen LogP contribution is -2.44. The van der Waals surface area contributed by atoms with Gasteiger partial charge in [-0.3, -0.25) is 9.78 Å². The molecule has 8 nitrogen and oxygen atoms in total. The summed E-state index contributed by atoms with van der Waals surface area (Å²) in [5, 5.41) is 6.38. The predicted molar refractivity (Wildman–Crippen MR) is 135 cm³/mol. The van der Waals surface area contributed by atoms with E-state index in [9.17, 15) is 4.79 Å². The van der Waals surface area contributed by atoms with Crippen molar-refractivity contribution in [1.82, 2.24) is 24.8 Å². The molecule has 1 amide bonds. The van der Waals surface area contributed by atoms with E-state index in [-0.39, 0.29) is 5.91 Å². The Bertz CT molecular complexity index is 1380. The lowest BCUT2D eigenvalue weighted by atomic mass is 9.95. The van der Waals surface area contributed by atoms with Gasteiger partial charge in [0.1, 0.15) is 5.82 Å². The minimum absolute atomic E-state index is 0.0643. The van der Waals surface area contributed by atoms with E-state index in [1.54, 1.807) is 0 Å². The second kappa shape index (κ2) is 8.14. The van der Waals surface area contributed by atoms with Crippen LogP contribution in [0.5, 0.6) is 0 Å². The van der Waals surface area contributed by atoms with Gasteiger partial charge in [-0.1, -0.05) is 6.07 Å². The molecule has 0 atom stereocenters. The van der Waals surface area contributed by atoms with Gasteiger partial charge in [-0.2, -0.15) is 0 Å². The van der Waals surface area contributed by atoms with E-state index in [1.807, 2.05) is 49.9 Å². The third kappa shape index (κ3) is 3.47. The summed E-state index contributed by atoms with van der Waals surface area (Å²) in [5.74, 6) is 0.659. The second-order valence-electron chi connectivity index (χ2n) is 9.03. The van der Waals surface area contributed by atoms with Crippen molar-refractivity contribution in [3.8, 4) is 11.1 Å². The number of hydrogen-bond acceptors (Lipinski definition) is 6. The van der Waals surface area contributed by atoms with Gasteiger partial charge in [0.05, 0.1) is 34.2 Å². The molecule has 0 radical (unpaired) electrons. The average Bonchev–Trinajstić information content (AvgIpc) is 3.44. The molecule has 172 valence electrons. The Hall–Kier alpha value is -3.91. The summed E-state index contributed by atoms with van der Waals surface area (Å²) >= 11 is 0. The minimum Gasteiger partial charge on any atom is -0.368 e. The van der Waals surface area contributed by atoms with Crippen LogP contribution in [0.3, 0.4) is 0 Å². The maximum atomic E-state index is 12.8. The van der Waals surface area contributed by atoms with Crippen molar-refractivity contribution in [3.05, 3.63) is 66.1 Å². The lowest BCUT2D eigenvalue weighted by Gasteiger charge is -2.33. The molecule has 1 aromatic carbocycles. The summed E-state index contributed by atoms with van der Waals surface area (Å²) in [7, 11) is 4.17. The number of benzene rings is 1. The fourth-order valence-corrected chi connectivity index (χ4v) is 4.99. The summed E-state index contributed by atoms with van der Waals surface area (Å²) in [6, 6.07) is 12.2. The molecule has 8 heteroatoms. The zero-order valence-electron chi connectivity index (χ0n) is 19.4. The van der Waals surface area contributed by atoms with Crippen LogP contribution in [0, 0.1) is 0 Å². The van der Waals surface area contributed by atoms with Crippen LogP contribution in [0.2, 0.25) is 0 Å². The van der Waals surface area contributed by atoms with Gasteiger partial charge in [0.15, 0.2) is 0 Å². The Morgan fingerprint density at radius 1 is 0.941 bits per heavy atom. The van der Waals surface area contributed by atoms with Gasteiger partial charge in [0.25, 0.3) is 5.91 Å². The number of piperazine rings is 1. The Morgan fingerprint density at radius 2 is 1.79 bits per heavy atom. The fourth-order valence-electron chi connectivity index (χ4n) is 4.99. The number of carbonyl (C=O) groups is 1. The van der Waals surface area contributed by atoms with Gasteiger partial charge in [0.2, 0.25) is 0 Å². The highest BCUT2D eigenvalue weighted by atomic mass is 16.1. The molecule has 6 rings (SSSR count). The average molecular weight is 454 g/mol. The number of fused-ring (bicyclic) bond motifs is 2. The lowest BCUT2D eigenvalue weighted by molar-refractivity contribution is 0.0966. The number of amides is 1. The van der Waals surface area contributed by atoms with Crippen molar-refractivity contribution in [2.24, 2.45) is 7.05 Å². The van der Waals surface area contributed by atoms with Crippen LogP contribution < -0.4 is 15.5 Å². The standard InChI is InChI=1S/C26H27N7O/c1-31-11-13-33(14-12-31)17-3-6-23(28-15-17)30-21-5-4-18(20-16-29-26(34)24(20)21)19-7-9-27-22-8-10-32(2)25(19)22/h3-10,15H,11-14,16H2,1-2H3,(H,28,30)(H,29,34). The largest absolute Gasteiger partial charge is 0.368 e. The molecule has 0 bridgehead atoms. The molecule has 5 heterocycles. The first kappa shape index (κ1) is 20.7. The first-order valence-electron chi connectivity index (χ1n) is 11.6. The minimum atomic E-state index is -0.0643. The van der Waals surface area contributed by atoms with Crippen LogP contribution in [0.1, 0.15) is 15.9 Å². The number of aryl methyl sites for hydroxylation is 1.